The Bertz CT molecular complexity index is 1580. The van der Waals surface area contributed by atoms with Crippen molar-refractivity contribution < 1.29 is 5.11 Å². The maximum absolute atomic E-state index is 10.9. The summed E-state index contributed by atoms with van der Waals surface area (Å²) < 4.78 is 0. The largest absolute Gasteiger partial charge is 0.390 e. The van der Waals surface area contributed by atoms with Crippen molar-refractivity contribution in [1.29, 1.82) is 0 Å². The van der Waals surface area contributed by atoms with Crippen LogP contribution in [0.3, 0.4) is 0 Å². The van der Waals surface area contributed by atoms with Crippen molar-refractivity contribution in [3.63, 3.8) is 0 Å². The van der Waals surface area contributed by atoms with E-state index in [1.165, 1.54) is 0 Å². The van der Waals surface area contributed by atoms with Gasteiger partial charge in [-0.3, -0.25) is 9.80 Å². The molecule has 2 fully saturated rings. The van der Waals surface area contributed by atoms with Gasteiger partial charge in [-0.1, -0.05) is 70.7 Å². The van der Waals surface area contributed by atoms with Crippen molar-refractivity contribution in [2.75, 3.05) is 86.7 Å². The lowest BCUT2D eigenvalue weighted by Gasteiger charge is -2.38. The van der Waals surface area contributed by atoms with E-state index in [9.17, 15) is 5.11 Å². The van der Waals surface area contributed by atoms with Crippen LogP contribution in [0.1, 0.15) is 0 Å². The number of rotatable bonds is 8. The molecule has 0 amide bonds. The first kappa shape index (κ1) is 32.6. The van der Waals surface area contributed by atoms with Gasteiger partial charge in [-0.05, 0) is 12.1 Å². The van der Waals surface area contributed by atoms with E-state index in [2.05, 4.69) is 40.2 Å². The van der Waals surface area contributed by atoms with Crippen molar-refractivity contribution in [2.24, 2.45) is 0 Å². The number of piperazine rings is 2. The van der Waals surface area contributed by atoms with E-state index < -0.39 is 6.10 Å². The summed E-state index contributed by atoms with van der Waals surface area (Å²) in [5.74, 6) is 1.39. The summed E-state index contributed by atoms with van der Waals surface area (Å²) in [5.41, 5.74) is 14.4. The summed E-state index contributed by atoms with van der Waals surface area (Å²) in [6.45, 7) is 6.86. The molecule has 2 aliphatic rings. The highest BCUT2D eigenvalue weighted by atomic mass is 35.5. The summed E-state index contributed by atoms with van der Waals surface area (Å²) in [6, 6.07) is 10.5. The number of hydrogen-bond donors (Lipinski definition) is 3. The first-order chi connectivity index (χ1) is 22.2. The van der Waals surface area contributed by atoms with Crippen LogP contribution in [-0.4, -0.2) is 117 Å². The molecule has 17 heteroatoms. The van der Waals surface area contributed by atoms with Gasteiger partial charge >= 0.3 is 0 Å². The molecule has 13 nitrogen and oxygen atoms in total. The number of nitrogens with two attached hydrogens (primary N) is 2. The van der Waals surface area contributed by atoms with Gasteiger partial charge < -0.3 is 26.4 Å². The highest BCUT2D eigenvalue weighted by Gasteiger charge is 2.26. The molecule has 0 saturated carbocycles. The Morgan fingerprint density at radius 2 is 1.00 bits per heavy atom. The third-order valence-electron chi connectivity index (χ3n) is 8.07. The fraction of sp³-hybridized carbons (Fsp3) is 0.379. The summed E-state index contributed by atoms with van der Waals surface area (Å²) in [6.07, 6.45) is -0.497. The van der Waals surface area contributed by atoms with Crippen LogP contribution < -0.4 is 21.3 Å². The van der Waals surface area contributed by atoms with Crippen molar-refractivity contribution in [2.45, 2.75) is 6.10 Å². The standard InChI is InChI=1S/C29H32Cl4N12O/c30-20-5-1-3-18(22(20)32)24-26(34)36-28(40-38-24)44-11-7-42(8-12-44)15-17(46)16-43-9-13-45(14-10-43)29-37-27(35)25(39-41-29)19-4-2-6-21(31)23(19)33/h1-6,17,46H,7-16H2,(H2,34,36,40)(H2,35,37,41). The Balaban J connectivity index is 0.962. The number of anilines is 4. The number of aromatic nitrogens is 6. The van der Waals surface area contributed by atoms with Gasteiger partial charge in [0, 0.05) is 76.6 Å². The topological polar surface area (TPSA) is 163 Å². The molecule has 4 aromatic rings. The lowest BCUT2D eigenvalue weighted by atomic mass is 10.1. The zero-order chi connectivity index (χ0) is 32.4. The first-order valence-corrected chi connectivity index (χ1v) is 16.2. The number of nitrogens with zero attached hydrogens (tertiary/aromatic N) is 10. The summed E-state index contributed by atoms with van der Waals surface area (Å²) in [7, 11) is 0. The number of nitrogen functional groups attached to an aromatic ring is 2. The molecule has 0 aliphatic carbocycles. The third-order valence-corrected chi connectivity index (χ3v) is 9.70. The predicted molar refractivity (Wildman–Crippen MR) is 183 cm³/mol. The molecule has 0 radical (unpaired) electrons. The predicted octanol–water partition coefficient (Wildman–Crippen LogP) is 3.47. The molecule has 0 bridgehead atoms. The molecule has 2 saturated heterocycles. The molecule has 4 heterocycles. The number of aliphatic hydroxyl groups excluding tert-OH is 1. The van der Waals surface area contributed by atoms with Crippen LogP contribution in [0.4, 0.5) is 23.5 Å². The van der Waals surface area contributed by atoms with Gasteiger partial charge in [0.05, 0.1) is 26.2 Å². The molecular weight excluding hydrogens is 674 g/mol. The van der Waals surface area contributed by atoms with E-state index in [-0.39, 0.29) is 11.6 Å². The van der Waals surface area contributed by atoms with Gasteiger partial charge in [0.15, 0.2) is 11.6 Å². The number of aliphatic hydroxyl groups is 1. The number of β-amino-alcohol motifs (C(OH)–C–C–N with tert-alkyl or cyclic N) is 1. The van der Waals surface area contributed by atoms with Crippen LogP contribution in [0.5, 0.6) is 0 Å². The highest BCUT2D eigenvalue weighted by molar-refractivity contribution is 6.44. The Morgan fingerprint density at radius 1 is 0.609 bits per heavy atom. The molecule has 2 aromatic carbocycles. The van der Waals surface area contributed by atoms with Crippen molar-refractivity contribution in [3.8, 4) is 22.5 Å². The minimum absolute atomic E-state index is 0.234. The summed E-state index contributed by atoms with van der Waals surface area (Å²) in [4.78, 5) is 17.5. The van der Waals surface area contributed by atoms with E-state index >= 15 is 0 Å². The summed E-state index contributed by atoms with van der Waals surface area (Å²) in [5, 5.41) is 29.6. The van der Waals surface area contributed by atoms with Gasteiger partial charge in [0.25, 0.3) is 0 Å². The maximum Gasteiger partial charge on any atom is 0.247 e. The SMILES string of the molecule is Nc1nc(N2CCN(CC(O)CN3CCN(c4nnc(-c5cccc(Cl)c5Cl)c(N)n4)CC3)CC2)nnc1-c1cccc(Cl)c1Cl. The van der Waals surface area contributed by atoms with Gasteiger partial charge in [-0.15, -0.1) is 20.4 Å². The zero-order valence-corrected chi connectivity index (χ0v) is 27.7. The highest BCUT2D eigenvalue weighted by Crippen LogP contribution is 2.35. The lowest BCUT2D eigenvalue weighted by Crippen LogP contribution is -2.53. The smallest absolute Gasteiger partial charge is 0.247 e. The molecule has 46 heavy (non-hydrogen) atoms. The second-order valence-corrected chi connectivity index (χ2v) is 12.7. The van der Waals surface area contributed by atoms with E-state index in [1.54, 1.807) is 36.4 Å². The van der Waals surface area contributed by atoms with Crippen molar-refractivity contribution in [3.05, 3.63) is 56.5 Å². The first-order valence-electron chi connectivity index (χ1n) is 14.7. The second-order valence-electron chi connectivity index (χ2n) is 11.1. The Kier molecular flexibility index (Phi) is 10.1. The summed E-state index contributed by atoms with van der Waals surface area (Å²) >= 11 is 24.9. The van der Waals surface area contributed by atoms with Gasteiger partial charge in [0.2, 0.25) is 11.9 Å². The molecule has 0 unspecified atom stereocenters. The van der Waals surface area contributed by atoms with Gasteiger partial charge in [-0.25, -0.2) is 0 Å². The van der Waals surface area contributed by atoms with Crippen LogP contribution in [0.25, 0.3) is 22.5 Å². The molecular formula is C29H32Cl4N12O. The number of halogens is 4. The van der Waals surface area contributed by atoms with Crippen LogP contribution in [0.2, 0.25) is 20.1 Å². The van der Waals surface area contributed by atoms with Gasteiger partial charge in [-0.2, -0.15) is 9.97 Å². The average Bonchev–Trinajstić information content (AvgIpc) is 3.05. The lowest BCUT2D eigenvalue weighted by molar-refractivity contribution is 0.0695. The molecule has 6 rings (SSSR count). The van der Waals surface area contributed by atoms with Crippen LogP contribution in [-0.2, 0) is 0 Å². The molecule has 2 aliphatic heterocycles. The normalized spacial score (nSPS) is 16.4. The molecule has 2 aromatic heterocycles. The zero-order valence-electron chi connectivity index (χ0n) is 24.7. The second kappa shape index (κ2) is 14.2. The van der Waals surface area contributed by atoms with Crippen LogP contribution in [0, 0.1) is 0 Å². The minimum Gasteiger partial charge on any atom is -0.390 e. The Labute approximate surface area is 286 Å². The Morgan fingerprint density at radius 3 is 1.37 bits per heavy atom. The van der Waals surface area contributed by atoms with Crippen molar-refractivity contribution in [1.82, 2.24) is 40.2 Å². The fourth-order valence-electron chi connectivity index (χ4n) is 5.60. The molecule has 242 valence electrons. The quantitative estimate of drug-likeness (QED) is 0.245. The fourth-order valence-corrected chi connectivity index (χ4v) is 6.38. The van der Waals surface area contributed by atoms with E-state index in [4.69, 9.17) is 57.9 Å². The van der Waals surface area contributed by atoms with E-state index in [1.807, 2.05) is 9.80 Å². The maximum atomic E-state index is 10.9. The monoisotopic (exact) mass is 704 g/mol. The van der Waals surface area contributed by atoms with Crippen molar-refractivity contribution >= 4 is 69.9 Å². The minimum atomic E-state index is -0.497. The van der Waals surface area contributed by atoms with E-state index in [0.29, 0.717) is 93.8 Å². The molecule has 0 spiro atoms. The Hall–Kier alpha value is -3.30. The van der Waals surface area contributed by atoms with E-state index in [0.717, 1.165) is 26.2 Å². The van der Waals surface area contributed by atoms with Gasteiger partial charge in [0.1, 0.15) is 11.4 Å². The number of hydrogen-bond acceptors (Lipinski definition) is 13. The van der Waals surface area contributed by atoms with Crippen LogP contribution >= 0.6 is 46.4 Å². The average molecular weight is 706 g/mol. The molecule has 5 N–H and O–H groups in total. The number of benzene rings is 2. The van der Waals surface area contributed by atoms with Crippen LogP contribution in [0.15, 0.2) is 36.4 Å². The third kappa shape index (κ3) is 7.15. The molecule has 0 atom stereocenters.